The summed E-state index contributed by atoms with van der Waals surface area (Å²) in [6.45, 7) is -0.415. The van der Waals surface area contributed by atoms with Crippen molar-refractivity contribution in [2.24, 2.45) is 0 Å². The lowest BCUT2D eigenvalue weighted by Gasteiger charge is -2.18. The molecule has 0 aromatic heterocycles. The van der Waals surface area contributed by atoms with Crippen LogP contribution in [0.15, 0.2) is 18.2 Å². The Morgan fingerprint density at radius 1 is 1.40 bits per heavy atom. The summed E-state index contributed by atoms with van der Waals surface area (Å²) in [4.78, 5) is 0. The van der Waals surface area contributed by atoms with Crippen molar-refractivity contribution in [1.82, 2.24) is 5.32 Å². The van der Waals surface area contributed by atoms with Crippen LogP contribution < -0.4 is 10.1 Å². The van der Waals surface area contributed by atoms with Crippen molar-refractivity contribution in [2.75, 3.05) is 6.61 Å². The molecule has 2 rings (SSSR count). The van der Waals surface area contributed by atoms with Crippen LogP contribution >= 0.6 is 11.6 Å². The van der Waals surface area contributed by atoms with Crippen molar-refractivity contribution in [2.45, 2.75) is 37.7 Å². The van der Waals surface area contributed by atoms with Gasteiger partial charge in [0.25, 0.3) is 0 Å². The molecule has 1 aliphatic carbocycles. The fraction of sp³-hybridized carbons (Fsp3) is 0.538. The van der Waals surface area contributed by atoms with E-state index in [1.54, 1.807) is 18.2 Å². The molecule has 0 amide bonds. The van der Waals surface area contributed by atoms with Gasteiger partial charge in [-0.05, 0) is 25.0 Å². The predicted octanol–water partition coefficient (Wildman–Crippen LogP) is 2.89. The molecule has 3 nitrogen and oxygen atoms in total. The minimum atomic E-state index is -4.69. The molecule has 0 bridgehead atoms. The Kier molecular flexibility index (Phi) is 4.78. The summed E-state index contributed by atoms with van der Waals surface area (Å²) in [5.74, 6) is 0.258. The number of nitrogens with one attached hydrogen (secondary N) is 1. The van der Waals surface area contributed by atoms with Gasteiger partial charge in [0, 0.05) is 23.2 Å². The van der Waals surface area contributed by atoms with Gasteiger partial charge in [-0.15, -0.1) is 0 Å². The van der Waals surface area contributed by atoms with Crippen molar-refractivity contribution in [3.63, 3.8) is 0 Å². The van der Waals surface area contributed by atoms with Crippen LogP contribution in [0.3, 0.4) is 0 Å². The number of hydrogen-bond donors (Lipinski definition) is 2. The average Bonchev–Trinajstić information content (AvgIpc) is 3.17. The molecule has 0 aliphatic heterocycles. The fourth-order valence-electron chi connectivity index (χ4n) is 1.64. The first-order valence-electron chi connectivity index (χ1n) is 6.26. The highest BCUT2D eigenvalue weighted by atomic mass is 35.5. The Bertz CT molecular complexity index is 463. The summed E-state index contributed by atoms with van der Waals surface area (Å²) in [5.41, 5.74) is 0.607. The lowest BCUT2D eigenvalue weighted by molar-refractivity contribution is -0.210. The van der Waals surface area contributed by atoms with Crippen LogP contribution in [0.4, 0.5) is 13.2 Å². The van der Waals surface area contributed by atoms with Crippen LogP contribution in [-0.4, -0.2) is 30.0 Å². The van der Waals surface area contributed by atoms with Gasteiger partial charge in [-0.3, -0.25) is 0 Å². The van der Waals surface area contributed by atoms with E-state index in [1.807, 2.05) is 0 Å². The maximum Gasteiger partial charge on any atom is 0.417 e. The molecular formula is C13H15ClF3NO2. The fourth-order valence-corrected chi connectivity index (χ4v) is 1.88. The normalized spacial score (nSPS) is 17.1. The Morgan fingerprint density at radius 3 is 2.70 bits per heavy atom. The SMILES string of the molecule is OC(COc1cccc(Cl)c1CNC1CC1)C(F)(F)F. The Morgan fingerprint density at radius 2 is 2.10 bits per heavy atom. The van der Waals surface area contributed by atoms with Crippen LogP contribution in [0.25, 0.3) is 0 Å². The number of aliphatic hydroxyl groups is 1. The summed E-state index contributed by atoms with van der Waals surface area (Å²) >= 11 is 6.03. The first kappa shape index (κ1) is 15.4. The largest absolute Gasteiger partial charge is 0.490 e. The van der Waals surface area contributed by atoms with Gasteiger partial charge in [0.1, 0.15) is 12.4 Å². The molecule has 112 valence electrons. The van der Waals surface area contributed by atoms with E-state index in [2.05, 4.69) is 5.32 Å². The lowest BCUT2D eigenvalue weighted by Crippen LogP contribution is -2.34. The standard InChI is InChI=1S/C13H15ClF3NO2/c14-10-2-1-3-11(9(10)6-18-8-4-5-8)20-7-12(19)13(15,16)17/h1-3,8,12,18-19H,4-7H2. The zero-order chi connectivity index (χ0) is 14.8. The van der Waals surface area contributed by atoms with Crippen LogP contribution in [0.5, 0.6) is 5.75 Å². The molecule has 7 heteroatoms. The highest BCUT2D eigenvalue weighted by Gasteiger charge is 2.38. The maximum atomic E-state index is 12.2. The molecule has 0 radical (unpaired) electrons. The van der Waals surface area contributed by atoms with Crippen LogP contribution in [0.1, 0.15) is 18.4 Å². The highest BCUT2D eigenvalue weighted by Crippen LogP contribution is 2.29. The van der Waals surface area contributed by atoms with E-state index < -0.39 is 18.9 Å². The van der Waals surface area contributed by atoms with Gasteiger partial charge in [0.05, 0.1) is 0 Å². The molecule has 0 saturated heterocycles. The third kappa shape index (κ3) is 4.26. The number of hydrogen-bond acceptors (Lipinski definition) is 3. The summed E-state index contributed by atoms with van der Waals surface area (Å²) in [7, 11) is 0. The second kappa shape index (κ2) is 6.20. The van der Waals surface area contributed by atoms with Crippen molar-refractivity contribution in [3.05, 3.63) is 28.8 Å². The molecule has 1 aromatic rings. The molecule has 1 fully saturated rings. The van der Waals surface area contributed by atoms with Crippen LogP contribution in [-0.2, 0) is 6.54 Å². The van der Waals surface area contributed by atoms with Gasteiger partial charge in [0.15, 0.2) is 6.10 Å². The zero-order valence-electron chi connectivity index (χ0n) is 10.6. The predicted molar refractivity (Wildman–Crippen MR) is 68.9 cm³/mol. The molecule has 0 spiro atoms. The number of ether oxygens (including phenoxy) is 1. The Balaban J connectivity index is 2.00. The van der Waals surface area contributed by atoms with Gasteiger partial charge >= 0.3 is 6.18 Å². The van der Waals surface area contributed by atoms with Crippen molar-refractivity contribution < 1.29 is 23.0 Å². The molecule has 2 N–H and O–H groups in total. The van der Waals surface area contributed by atoms with E-state index in [9.17, 15) is 13.2 Å². The number of alkyl halides is 3. The second-order valence-electron chi connectivity index (χ2n) is 4.74. The molecule has 1 atom stereocenters. The number of rotatable bonds is 6. The molecule has 1 aromatic carbocycles. The quantitative estimate of drug-likeness (QED) is 0.849. The Hall–Kier alpha value is -0.980. The topological polar surface area (TPSA) is 41.5 Å². The third-order valence-corrected chi connectivity index (χ3v) is 3.35. The minimum absolute atomic E-state index is 0.258. The Labute approximate surface area is 119 Å². The van der Waals surface area contributed by atoms with E-state index in [0.29, 0.717) is 23.2 Å². The van der Waals surface area contributed by atoms with Crippen LogP contribution in [0, 0.1) is 0 Å². The molecule has 1 saturated carbocycles. The summed E-state index contributed by atoms with van der Waals surface area (Å²) in [6.07, 6.45) is -5.02. The van der Waals surface area contributed by atoms with E-state index in [1.165, 1.54) is 0 Å². The number of aliphatic hydroxyl groups excluding tert-OH is 1. The summed E-state index contributed by atoms with van der Waals surface area (Å²) < 4.78 is 41.7. The monoisotopic (exact) mass is 309 g/mol. The first-order chi connectivity index (χ1) is 9.38. The van der Waals surface area contributed by atoms with Crippen LogP contribution in [0.2, 0.25) is 5.02 Å². The van der Waals surface area contributed by atoms with Crippen molar-refractivity contribution in [1.29, 1.82) is 0 Å². The molecular weight excluding hydrogens is 295 g/mol. The number of halogens is 4. The summed E-state index contributed by atoms with van der Waals surface area (Å²) in [6, 6.07) is 5.23. The van der Waals surface area contributed by atoms with Gasteiger partial charge in [-0.25, -0.2) is 0 Å². The van der Waals surface area contributed by atoms with Gasteiger partial charge in [-0.2, -0.15) is 13.2 Å². The van der Waals surface area contributed by atoms with E-state index in [0.717, 1.165) is 12.8 Å². The van der Waals surface area contributed by atoms with E-state index in [4.69, 9.17) is 21.4 Å². The van der Waals surface area contributed by atoms with Gasteiger partial charge < -0.3 is 15.2 Å². The van der Waals surface area contributed by atoms with Crippen molar-refractivity contribution in [3.8, 4) is 5.75 Å². The lowest BCUT2D eigenvalue weighted by atomic mass is 10.2. The van der Waals surface area contributed by atoms with E-state index in [-0.39, 0.29) is 5.75 Å². The smallest absolute Gasteiger partial charge is 0.417 e. The molecule has 0 heterocycles. The highest BCUT2D eigenvalue weighted by molar-refractivity contribution is 6.31. The zero-order valence-corrected chi connectivity index (χ0v) is 11.3. The maximum absolute atomic E-state index is 12.2. The molecule has 1 unspecified atom stereocenters. The van der Waals surface area contributed by atoms with Crippen molar-refractivity contribution >= 4 is 11.6 Å². The number of benzene rings is 1. The minimum Gasteiger partial charge on any atom is -0.490 e. The average molecular weight is 310 g/mol. The third-order valence-electron chi connectivity index (χ3n) is 3.00. The van der Waals surface area contributed by atoms with Gasteiger partial charge in [0.2, 0.25) is 0 Å². The first-order valence-corrected chi connectivity index (χ1v) is 6.64. The molecule has 1 aliphatic rings. The van der Waals surface area contributed by atoms with E-state index >= 15 is 0 Å². The van der Waals surface area contributed by atoms with Gasteiger partial charge in [-0.1, -0.05) is 17.7 Å². The summed E-state index contributed by atoms with van der Waals surface area (Å²) in [5, 5.41) is 12.6. The second-order valence-corrected chi connectivity index (χ2v) is 5.15. The molecule has 20 heavy (non-hydrogen) atoms.